The molecule has 0 saturated heterocycles. The molecule has 16 heavy (non-hydrogen) atoms. The smallest absolute Gasteiger partial charge is 0.219 e. The summed E-state index contributed by atoms with van der Waals surface area (Å²) in [6.07, 6.45) is 1.09. The lowest BCUT2D eigenvalue weighted by Crippen LogP contribution is -2.25. The molecule has 0 saturated carbocycles. The Balaban J connectivity index is 3.10. The summed E-state index contributed by atoms with van der Waals surface area (Å²) in [7, 11) is 3.43. The zero-order valence-electron chi connectivity index (χ0n) is 9.88. The highest BCUT2D eigenvalue weighted by Crippen LogP contribution is 2.19. The average Bonchev–Trinajstić information content (AvgIpc) is 2.31. The number of hydrogen-bond donors (Lipinski definition) is 2. The van der Waals surface area contributed by atoms with E-state index in [2.05, 4.69) is 10.6 Å². The van der Waals surface area contributed by atoms with Crippen molar-refractivity contribution in [3.63, 3.8) is 0 Å². The third-order valence-corrected chi connectivity index (χ3v) is 4.15. The van der Waals surface area contributed by atoms with Crippen LogP contribution in [0.25, 0.3) is 0 Å². The van der Waals surface area contributed by atoms with E-state index in [-0.39, 0.29) is 11.8 Å². The summed E-state index contributed by atoms with van der Waals surface area (Å²) in [5.74, 6) is 2.00. The summed E-state index contributed by atoms with van der Waals surface area (Å²) in [6, 6.07) is 0. The first kappa shape index (κ1) is 15.6. The highest BCUT2D eigenvalue weighted by molar-refractivity contribution is 8.76. The first-order valence-electron chi connectivity index (χ1n) is 5.48. The minimum Gasteiger partial charge on any atom is -0.355 e. The fraction of sp³-hybridized carbons (Fsp3) is 0.800. The fourth-order valence-electron chi connectivity index (χ4n) is 0.832. The fourth-order valence-corrected chi connectivity index (χ4v) is 2.65. The molecule has 94 valence electrons. The largest absolute Gasteiger partial charge is 0.355 e. The third kappa shape index (κ3) is 10.2. The third-order valence-electron chi connectivity index (χ3n) is 1.74. The normalized spacial score (nSPS) is 9.88. The molecule has 2 N–H and O–H groups in total. The Morgan fingerprint density at radius 1 is 0.875 bits per heavy atom. The van der Waals surface area contributed by atoms with Gasteiger partial charge in [-0.1, -0.05) is 35.4 Å². The van der Waals surface area contributed by atoms with Gasteiger partial charge in [0.25, 0.3) is 0 Å². The topological polar surface area (TPSA) is 58.2 Å². The predicted molar refractivity (Wildman–Crippen MR) is 71.5 cm³/mol. The van der Waals surface area contributed by atoms with E-state index in [9.17, 15) is 9.59 Å². The van der Waals surface area contributed by atoms with Crippen molar-refractivity contribution < 1.29 is 9.59 Å². The molecule has 0 radical (unpaired) electrons. The van der Waals surface area contributed by atoms with Gasteiger partial charge in [0, 0.05) is 37.4 Å². The lowest BCUT2D eigenvalue weighted by Gasteiger charge is -2.04. The van der Waals surface area contributed by atoms with Gasteiger partial charge >= 0.3 is 0 Å². The first-order valence-corrected chi connectivity index (χ1v) is 7.97. The molecular weight excluding hydrogens is 244 g/mol. The SMILES string of the molecule is CCC(=O)NCCSSCCNC(=O)CC. The molecule has 0 fully saturated rings. The van der Waals surface area contributed by atoms with E-state index in [0.717, 1.165) is 11.5 Å². The Morgan fingerprint density at radius 3 is 1.56 bits per heavy atom. The Morgan fingerprint density at radius 2 is 1.25 bits per heavy atom. The van der Waals surface area contributed by atoms with Crippen molar-refractivity contribution in [1.82, 2.24) is 10.6 Å². The van der Waals surface area contributed by atoms with Gasteiger partial charge in [-0.3, -0.25) is 9.59 Å². The molecule has 0 heterocycles. The first-order chi connectivity index (χ1) is 7.70. The van der Waals surface area contributed by atoms with E-state index in [4.69, 9.17) is 0 Å². The van der Waals surface area contributed by atoms with Crippen LogP contribution in [0.15, 0.2) is 0 Å². The number of carbonyl (C=O) groups excluding carboxylic acids is 2. The summed E-state index contributed by atoms with van der Waals surface area (Å²) < 4.78 is 0. The zero-order chi connectivity index (χ0) is 12.2. The maximum absolute atomic E-state index is 10.9. The van der Waals surface area contributed by atoms with Gasteiger partial charge < -0.3 is 10.6 Å². The number of hydrogen-bond acceptors (Lipinski definition) is 4. The number of rotatable bonds is 9. The van der Waals surface area contributed by atoms with Crippen LogP contribution in [-0.4, -0.2) is 36.4 Å². The molecule has 0 aliphatic rings. The molecule has 4 nitrogen and oxygen atoms in total. The molecule has 0 aliphatic heterocycles. The Hall–Kier alpha value is -0.360. The van der Waals surface area contributed by atoms with Gasteiger partial charge in [-0.05, 0) is 0 Å². The van der Waals surface area contributed by atoms with Crippen molar-refractivity contribution in [3.05, 3.63) is 0 Å². The number of nitrogens with one attached hydrogen (secondary N) is 2. The van der Waals surface area contributed by atoms with Crippen molar-refractivity contribution in [2.24, 2.45) is 0 Å². The highest BCUT2D eigenvalue weighted by atomic mass is 33.1. The molecule has 0 aromatic rings. The summed E-state index contributed by atoms with van der Waals surface area (Å²) >= 11 is 0. The molecule has 0 aromatic heterocycles. The van der Waals surface area contributed by atoms with Crippen LogP contribution >= 0.6 is 21.6 Å². The Labute approximate surface area is 105 Å². The second-order valence-electron chi connectivity index (χ2n) is 3.05. The number of carbonyl (C=O) groups is 2. The second-order valence-corrected chi connectivity index (χ2v) is 5.75. The Kier molecular flexibility index (Phi) is 10.9. The molecule has 0 rings (SSSR count). The van der Waals surface area contributed by atoms with E-state index in [1.54, 1.807) is 21.6 Å². The standard InChI is InChI=1S/C10H20N2O2S2/c1-3-9(13)11-5-7-15-16-8-6-12-10(14)4-2/h3-8H2,1-2H3,(H,11,13)(H,12,14). The predicted octanol–water partition coefficient (Wildman–Crippen LogP) is 1.42. The molecule has 0 aromatic carbocycles. The van der Waals surface area contributed by atoms with Gasteiger partial charge in [0.1, 0.15) is 0 Å². The monoisotopic (exact) mass is 264 g/mol. The van der Waals surface area contributed by atoms with E-state index in [0.29, 0.717) is 25.9 Å². The van der Waals surface area contributed by atoms with E-state index in [1.165, 1.54) is 0 Å². The van der Waals surface area contributed by atoms with E-state index in [1.807, 2.05) is 13.8 Å². The van der Waals surface area contributed by atoms with Gasteiger partial charge in [-0.15, -0.1) is 0 Å². The van der Waals surface area contributed by atoms with Crippen LogP contribution in [0.5, 0.6) is 0 Å². The van der Waals surface area contributed by atoms with Gasteiger partial charge in [0.2, 0.25) is 11.8 Å². The van der Waals surface area contributed by atoms with Crippen molar-refractivity contribution >= 4 is 33.4 Å². The van der Waals surface area contributed by atoms with Gasteiger partial charge in [-0.2, -0.15) is 0 Å². The number of amides is 2. The zero-order valence-corrected chi connectivity index (χ0v) is 11.5. The lowest BCUT2D eigenvalue weighted by atomic mass is 10.4. The maximum Gasteiger partial charge on any atom is 0.219 e. The highest BCUT2D eigenvalue weighted by Gasteiger charge is 1.97. The van der Waals surface area contributed by atoms with E-state index >= 15 is 0 Å². The van der Waals surface area contributed by atoms with Crippen LogP contribution in [-0.2, 0) is 9.59 Å². The summed E-state index contributed by atoms with van der Waals surface area (Å²) in [5.41, 5.74) is 0. The molecule has 0 bridgehead atoms. The summed E-state index contributed by atoms with van der Waals surface area (Å²) in [6.45, 7) is 5.11. The summed E-state index contributed by atoms with van der Waals surface area (Å²) in [5, 5.41) is 5.62. The van der Waals surface area contributed by atoms with Crippen molar-refractivity contribution in [2.45, 2.75) is 26.7 Å². The van der Waals surface area contributed by atoms with Crippen LogP contribution in [0.1, 0.15) is 26.7 Å². The minimum absolute atomic E-state index is 0.0980. The Bertz CT molecular complexity index is 191. The van der Waals surface area contributed by atoms with Crippen LogP contribution < -0.4 is 10.6 Å². The van der Waals surface area contributed by atoms with Crippen LogP contribution in [0.3, 0.4) is 0 Å². The molecule has 0 spiro atoms. The van der Waals surface area contributed by atoms with Crippen molar-refractivity contribution in [1.29, 1.82) is 0 Å². The molecule has 6 heteroatoms. The molecule has 2 amide bonds. The van der Waals surface area contributed by atoms with Crippen LogP contribution in [0, 0.1) is 0 Å². The lowest BCUT2D eigenvalue weighted by molar-refractivity contribution is -0.121. The minimum atomic E-state index is 0.0980. The van der Waals surface area contributed by atoms with Crippen molar-refractivity contribution in [2.75, 3.05) is 24.6 Å². The van der Waals surface area contributed by atoms with Crippen LogP contribution in [0.4, 0.5) is 0 Å². The van der Waals surface area contributed by atoms with Gasteiger partial charge in [0.05, 0.1) is 0 Å². The molecule has 0 unspecified atom stereocenters. The molecular formula is C10H20N2O2S2. The van der Waals surface area contributed by atoms with Crippen molar-refractivity contribution in [3.8, 4) is 0 Å². The second kappa shape index (κ2) is 11.1. The summed E-state index contributed by atoms with van der Waals surface area (Å²) in [4.78, 5) is 21.8. The van der Waals surface area contributed by atoms with Gasteiger partial charge in [0.15, 0.2) is 0 Å². The van der Waals surface area contributed by atoms with Crippen LogP contribution in [0.2, 0.25) is 0 Å². The van der Waals surface area contributed by atoms with Gasteiger partial charge in [-0.25, -0.2) is 0 Å². The maximum atomic E-state index is 10.9. The quantitative estimate of drug-likeness (QED) is 0.488. The van der Waals surface area contributed by atoms with E-state index < -0.39 is 0 Å². The molecule has 0 atom stereocenters. The average molecular weight is 264 g/mol. The molecule has 0 aliphatic carbocycles.